The number of hydrogen-bond acceptors (Lipinski definition) is 1. The Labute approximate surface area is 391 Å². The van der Waals surface area contributed by atoms with Crippen LogP contribution >= 0.6 is 0 Å². The molecular formula is C66H39NO. The van der Waals surface area contributed by atoms with Gasteiger partial charge in [-0.1, -0.05) is 176 Å². The second kappa shape index (κ2) is 14.3. The Morgan fingerprint density at radius 2 is 0.662 bits per heavy atom. The molecule has 0 bridgehead atoms. The van der Waals surface area contributed by atoms with Gasteiger partial charge in [0.25, 0.3) is 0 Å². The van der Waals surface area contributed by atoms with Gasteiger partial charge >= 0.3 is 0 Å². The Morgan fingerprint density at radius 3 is 1.26 bits per heavy atom. The van der Waals surface area contributed by atoms with Crippen molar-refractivity contribution in [3.8, 4) is 39.1 Å². The monoisotopic (exact) mass is 861 g/mol. The molecule has 2 heterocycles. The number of para-hydroxylation sites is 1. The van der Waals surface area contributed by atoms with Crippen LogP contribution in [0.2, 0.25) is 0 Å². The first-order valence-corrected chi connectivity index (χ1v) is 23.5. The average molecular weight is 862 g/mol. The predicted molar refractivity (Wildman–Crippen MR) is 289 cm³/mol. The molecule has 0 atom stereocenters. The van der Waals surface area contributed by atoms with Crippen molar-refractivity contribution in [2.75, 3.05) is 0 Å². The fourth-order valence-corrected chi connectivity index (χ4v) is 11.7. The Morgan fingerprint density at radius 1 is 0.235 bits per heavy atom. The molecule has 2 aromatic heterocycles. The number of rotatable bonds is 4. The van der Waals surface area contributed by atoms with Gasteiger partial charge in [-0.2, -0.15) is 0 Å². The lowest BCUT2D eigenvalue weighted by Gasteiger charge is -2.18. The number of furan rings is 1. The van der Waals surface area contributed by atoms with E-state index in [4.69, 9.17) is 4.42 Å². The first kappa shape index (κ1) is 37.3. The Bertz CT molecular complexity index is 4540. The van der Waals surface area contributed by atoms with E-state index >= 15 is 0 Å². The molecule has 13 aromatic carbocycles. The summed E-state index contributed by atoms with van der Waals surface area (Å²) in [6.07, 6.45) is 0. The first-order valence-electron chi connectivity index (χ1n) is 23.5. The van der Waals surface area contributed by atoms with E-state index in [0.717, 1.165) is 33.2 Å². The highest BCUT2D eigenvalue weighted by atomic mass is 16.3. The van der Waals surface area contributed by atoms with Crippen LogP contribution in [0.4, 0.5) is 0 Å². The molecule has 314 valence electrons. The molecule has 15 aromatic rings. The number of benzene rings is 13. The SMILES string of the molecule is c1ccc(-c2ccc3c4ccc(-c5c6ccccc6c(-c6ccc7c(c6)oc6cc8c9ccccc9c9cc%10ccccc%10cc9c8cc67)c6ccccc56)cc4n(-c4ccccc4)c3c2)cc1. The number of nitrogens with zero attached hydrogens (tertiary/aromatic N) is 1. The minimum absolute atomic E-state index is 0.888. The maximum absolute atomic E-state index is 6.91. The van der Waals surface area contributed by atoms with Crippen LogP contribution in [0.15, 0.2) is 241 Å². The van der Waals surface area contributed by atoms with E-state index in [2.05, 4.69) is 241 Å². The Hall–Kier alpha value is -8.98. The molecule has 2 heteroatoms. The van der Waals surface area contributed by atoms with Crippen molar-refractivity contribution in [2.24, 2.45) is 0 Å². The second-order valence-electron chi connectivity index (χ2n) is 18.3. The lowest BCUT2D eigenvalue weighted by Crippen LogP contribution is -1.94. The lowest BCUT2D eigenvalue weighted by molar-refractivity contribution is 0.669. The van der Waals surface area contributed by atoms with Crippen LogP contribution in [0.1, 0.15) is 0 Å². The summed E-state index contributed by atoms with van der Waals surface area (Å²) in [5, 5.41) is 19.6. The van der Waals surface area contributed by atoms with Gasteiger partial charge in [0.2, 0.25) is 0 Å². The van der Waals surface area contributed by atoms with Gasteiger partial charge < -0.3 is 8.98 Å². The second-order valence-corrected chi connectivity index (χ2v) is 18.3. The molecule has 0 aliphatic rings. The molecule has 0 saturated heterocycles. The van der Waals surface area contributed by atoms with Gasteiger partial charge in [0, 0.05) is 27.2 Å². The van der Waals surface area contributed by atoms with E-state index in [1.54, 1.807) is 0 Å². The van der Waals surface area contributed by atoms with Crippen molar-refractivity contribution >= 4 is 108 Å². The predicted octanol–water partition coefficient (Wildman–Crippen LogP) is 18.6. The molecule has 0 aliphatic heterocycles. The zero-order valence-electron chi connectivity index (χ0n) is 36.9. The first-order chi connectivity index (χ1) is 33.7. The van der Waals surface area contributed by atoms with E-state index in [1.807, 2.05) is 0 Å². The highest BCUT2D eigenvalue weighted by molar-refractivity contribution is 6.30. The van der Waals surface area contributed by atoms with Crippen LogP contribution in [-0.4, -0.2) is 4.57 Å². The summed E-state index contributed by atoms with van der Waals surface area (Å²) in [6, 6.07) is 87.1. The standard InChI is InChI=1S/C66H39NO/c1-3-15-40(16-4-1)43-27-30-49-50-31-28-44(36-62(50)67(61(49)35-43)46-19-5-2-6-20-46)65-52-23-11-13-25-54(52)66(55-26-14-12-24-53(55)65)45-29-32-51-60-38-58-57-34-42-18-8-7-17-41(42)33-56(57)47-21-9-10-22-48(47)59(58)39-64(60)68-63(51)37-45/h1-39H. The van der Waals surface area contributed by atoms with Crippen LogP contribution in [-0.2, 0) is 0 Å². The van der Waals surface area contributed by atoms with Crippen molar-refractivity contribution in [2.45, 2.75) is 0 Å². The summed E-state index contributed by atoms with van der Waals surface area (Å²) in [6.45, 7) is 0. The zero-order chi connectivity index (χ0) is 44.5. The smallest absolute Gasteiger partial charge is 0.136 e. The van der Waals surface area contributed by atoms with E-state index in [9.17, 15) is 0 Å². The molecule has 0 spiro atoms. The van der Waals surface area contributed by atoms with Gasteiger partial charge in [-0.3, -0.25) is 0 Å². The van der Waals surface area contributed by atoms with E-state index < -0.39 is 0 Å². The Balaban J connectivity index is 0.941. The van der Waals surface area contributed by atoms with Gasteiger partial charge in [-0.15, -0.1) is 0 Å². The molecule has 0 amide bonds. The molecule has 2 nitrogen and oxygen atoms in total. The Kier molecular flexibility index (Phi) is 7.81. The largest absolute Gasteiger partial charge is 0.456 e. The molecule has 0 aliphatic carbocycles. The van der Waals surface area contributed by atoms with Crippen LogP contribution in [0, 0.1) is 0 Å². The maximum atomic E-state index is 6.91. The lowest BCUT2D eigenvalue weighted by atomic mass is 9.85. The fourth-order valence-electron chi connectivity index (χ4n) is 11.7. The van der Waals surface area contributed by atoms with E-state index in [1.165, 1.54) is 114 Å². The summed E-state index contributed by atoms with van der Waals surface area (Å²) in [4.78, 5) is 0. The molecular weight excluding hydrogens is 823 g/mol. The summed E-state index contributed by atoms with van der Waals surface area (Å²) in [7, 11) is 0. The normalized spacial score (nSPS) is 12.1. The molecule has 0 fully saturated rings. The number of fused-ring (bicyclic) bond motifs is 15. The highest BCUT2D eigenvalue weighted by Crippen LogP contribution is 2.47. The summed E-state index contributed by atoms with van der Waals surface area (Å²) < 4.78 is 9.36. The maximum Gasteiger partial charge on any atom is 0.136 e. The summed E-state index contributed by atoms with van der Waals surface area (Å²) in [5.41, 5.74) is 12.5. The quantitative estimate of drug-likeness (QED) is 0.127. The fraction of sp³-hybridized carbons (Fsp3) is 0. The number of hydrogen-bond donors (Lipinski definition) is 0. The molecule has 0 N–H and O–H groups in total. The minimum Gasteiger partial charge on any atom is -0.456 e. The average Bonchev–Trinajstić information content (AvgIpc) is 3.93. The number of aromatic nitrogens is 1. The van der Waals surface area contributed by atoms with Gasteiger partial charge in [-0.25, -0.2) is 0 Å². The van der Waals surface area contributed by atoms with Crippen LogP contribution < -0.4 is 0 Å². The van der Waals surface area contributed by atoms with Crippen LogP contribution in [0.25, 0.3) is 147 Å². The van der Waals surface area contributed by atoms with Gasteiger partial charge in [0.15, 0.2) is 0 Å². The third-order valence-corrected chi connectivity index (χ3v) is 14.7. The summed E-state index contributed by atoms with van der Waals surface area (Å²) in [5.74, 6) is 0. The van der Waals surface area contributed by atoms with Gasteiger partial charge in [-0.05, 0) is 159 Å². The van der Waals surface area contributed by atoms with Crippen LogP contribution in [0.3, 0.4) is 0 Å². The van der Waals surface area contributed by atoms with E-state index in [0.29, 0.717) is 0 Å². The summed E-state index contributed by atoms with van der Waals surface area (Å²) >= 11 is 0. The zero-order valence-corrected chi connectivity index (χ0v) is 36.9. The van der Waals surface area contributed by atoms with Crippen molar-refractivity contribution < 1.29 is 4.42 Å². The van der Waals surface area contributed by atoms with Gasteiger partial charge in [0.1, 0.15) is 11.2 Å². The highest BCUT2D eigenvalue weighted by Gasteiger charge is 2.21. The van der Waals surface area contributed by atoms with Gasteiger partial charge in [0.05, 0.1) is 11.0 Å². The minimum atomic E-state index is 0.888. The molecule has 0 radical (unpaired) electrons. The third kappa shape index (κ3) is 5.40. The molecule has 0 saturated carbocycles. The van der Waals surface area contributed by atoms with Crippen molar-refractivity contribution in [3.63, 3.8) is 0 Å². The van der Waals surface area contributed by atoms with Crippen LogP contribution in [0.5, 0.6) is 0 Å². The third-order valence-electron chi connectivity index (χ3n) is 14.7. The topological polar surface area (TPSA) is 18.1 Å². The van der Waals surface area contributed by atoms with Crippen molar-refractivity contribution in [1.82, 2.24) is 4.57 Å². The molecule has 68 heavy (non-hydrogen) atoms. The van der Waals surface area contributed by atoms with Crippen molar-refractivity contribution in [3.05, 3.63) is 237 Å². The van der Waals surface area contributed by atoms with E-state index in [-0.39, 0.29) is 0 Å². The molecule has 15 rings (SSSR count). The van der Waals surface area contributed by atoms with Crippen molar-refractivity contribution in [1.29, 1.82) is 0 Å². The molecule has 0 unspecified atom stereocenters.